The van der Waals surface area contributed by atoms with E-state index in [1.54, 1.807) is 17.0 Å². The molecule has 0 aromatic heterocycles. The first kappa shape index (κ1) is 19.2. The summed E-state index contributed by atoms with van der Waals surface area (Å²) in [4.78, 5) is 15.4. The van der Waals surface area contributed by atoms with E-state index < -0.39 is 27.3 Å². The second kappa shape index (κ2) is 8.01. The van der Waals surface area contributed by atoms with E-state index in [2.05, 4.69) is 4.72 Å². The summed E-state index contributed by atoms with van der Waals surface area (Å²) in [5.41, 5.74) is 0.865. The number of piperazine rings is 1. The highest BCUT2D eigenvalue weighted by atomic mass is 32.2. The van der Waals surface area contributed by atoms with Gasteiger partial charge in [-0.2, -0.15) is 0 Å². The summed E-state index contributed by atoms with van der Waals surface area (Å²) in [7, 11) is -4.10. The molecule has 1 aliphatic rings. The van der Waals surface area contributed by atoms with Crippen LogP contribution in [0.5, 0.6) is 0 Å². The smallest absolute Gasteiger partial charge is 0.243 e. The first-order valence-electron chi connectivity index (χ1n) is 8.39. The molecule has 27 heavy (non-hydrogen) atoms. The number of carbonyl (C=O) groups is 1. The van der Waals surface area contributed by atoms with Crippen LogP contribution in [0.1, 0.15) is 0 Å². The van der Waals surface area contributed by atoms with Crippen LogP contribution < -0.4 is 9.62 Å². The monoisotopic (exact) mass is 395 g/mol. The molecule has 1 aliphatic heterocycles. The summed E-state index contributed by atoms with van der Waals surface area (Å²) < 4.78 is 53.1. The van der Waals surface area contributed by atoms with Crippen molar-refractivity contribution in [3.63, 3.8) is 0 Å². The number of rotatable bonds is 5. The maximum Gasteiger partial charge on any atom is 0.243 e. The Hall–Kier alpha value is -2.52. The van der Waals surface area contributed by atoms with Gasteiger partial charge in [-0.1, -0.05) is 12.1 Å². The minimum Gasteiger partial charge on any atom is -0.368 e. The van der Waals surface area contributed by atoms with Gasteiger partial charge in [-0.3, -0.25) is 4.79 Å². The van der Waals surface area contributed by atoms with Crippen molar-refractivity contribution in [1.82, 2.24) is 9.62 Å². The number of nitrogens with zero attached hydrogens (tertiary/aromatic N) is 2. The number of sulfonamides is 1. The molecule has 0 aliphatic carbocycles. The van der Waals surface area contributed by atoms with Crippen molar-refractivity contribution in [1.29, 1.82) is 0 Å². The van der Waals surface area contributed by atoms with E-state index in [-0.39, 0.29) is 11.7 Å². The van der Waals surface area contributed by atoms with Crippen molar-refractivity contribution in [3.8, 4) is 0 Å². The minimum atomic E-state index is -4.10. The molecule has 6 nitrogen and oxygen atoms in total. The molecular weight excluding hydrogens is 376 g/mol. The van der Waals surface area contributed by atoms with Crippen LogP contribution in [0.3, 0.4) is 0 Å². The van der Waals surface area contributed by atoms with E-state index in [1.165, 1.54) is 24.3 Å². The molecule has 1 fully saturated rings. The zero-order chi connectivity index (χ0) is 19.4. The number of hydrogen-bond acceptors (Lipinski definition) is 4. The Bertz CT molecular complexity index is 912. The third kappa shape index (κ3) is 4.61. The van der Waals surface area contributed by atoms with Gasteiger partial charge in [-0.25, -0.2) is 21.9 Å². The lowest BCUT2D eigenvalue weighted by atomic mass is 10.2. The Kier molecular flexibility index (Phi) is 5.71. The molecule has 144 valence electrons. The Morgan fingerprint density at radius 2 is 1.59 bits per heavy atom. The fourth-order valence-corrected chi connectivity index (χ4v) is 3.93. The van der Waals surface area contributed by atoms with Crippen molar-refractivity contribution in [2.45, 2.75) is 4.90 Å². The van der Waals surface area contributed by atoms with Crippen molar-refractivity contribution in [2.24, 2.45) is 0 Å². The van der Waals surface area contributed by atoms with Gasteiger partial charge >= 0.3 is 0 Å². The zero-order valence-electron chi connectivity index (χ0n) is 14.4. The van der Waals surface area contributed by atoms with Gasteiger partial charge in [-0.15, -0.1) is 0 Å². The first-order valence-corrected chi connectivity index (χ1v) is 9.87. The Morgan fingerprint density at radius 3 is 2.22 bits per heavy atom. The standard InChI is InChI=1S/C18H19F2N3O3S/c19-14-5-7-15(8-6-14)22-9-11-23(12-10-22)18(24)13-21-27(25,26)17-4-2-1-3-16(17)20/h1-8,21H,9-13H2. The number of nitrogens with one attached hydrogen (secondary N) is 1. The number of carbonyl (C=O) groups excluding carboxylic acids is 1. The summed E-state index contributed by atoms with van der Waals surface area (Å²) in [5.74, 6) is -1.56. The molecule has 0 radical (unpaired) electrons. The highest BCUT2D eigenvalue weighted by molar-refractivity contribution is 7.89. The Labute approximate surface area is 156 Å². The number of amides is 1. The molecule has 1 saturated heterocycles. The van der Waals surface area contributed by atoms with Crippen molar-refractivity contribution >= 4 is 21.6 Å². The van der Waals surface area contributed by atoms with Crippen molar-refractivity contribution in [3.05, 3.63) is 60.2 Å². The van der Waals surface area contributed by atoms with Gasteiger partial charge in [0.1, 0.15) is 16.5 Å². The number of anilines is 1. The number of halogens is 2. The van der Waals surface area contributed by atoms with Crippen LogP contribution in [0, 0.1) is 11.6 Å². The number of benzene rings is 2. The number of hydrogen-bond donors (Lipinski definition) is 1. The van der Waals surface area contributed by atoms with E-state index >= 15 is 0 Å². The van der Waals surface area contributed by atoms with Crippen LogP contribution in [0.4, 0.5) is 14.5 Å². The molecule has 2 aromatic carbocycles. The maximum absolute atomic E-state index is 13.7. The van der Waals surface area contributed by atoms with E-state index in [1.807, 2.05) is 4.90 Å². The lowest BCUT2D eigenvalue weighted by Gasteiger charge is -2.36. The highest BCUT2D eigenvalue weighted by Gasteiger charge is 2.24. The predicted octanol–water partition coefficient (Wildman–Crippen LogP) is 1.59. The molecule has 2 aromatic rings. The fraction of sp³-hybridized carbons (Fsp3) is 0.278. The summed E-state index contributed by atoms with van der Waals surface area (Å²) in [6.45, 7) is 1.50. The molecular formula is C18H19F2N3O3S. The molecule has 0 unspecified atom stereocenters. The molecule has 1 heterocycles. The third-order valence-electron chi connectivity index (χ3n) is 4.36. The molecule has 3 rings (SSSR count). The lowest BCUT2D eigenvalue weighted by molar-refractivity contribution is -0.130. The van der Waals surface area contributed by atoms with Gasteiger partial charge in [0.2, 0.25) is 15.9 Å². The second-order valence-electron chi connectivity index (χ2n) is 6.10. The van der Waals surface area contributed by atoms with Gasteiger partial charge in [0.15, 0.2) is 0 Å². The van der Waals surface area contributed by atoms with Crippen molar-refractivity contribution < 1.29 is 22.0 Å². The molecule has 1 amide bonds. The maximum atomic E-state index is 13.7. The largest absolute Gasteiger partial charge is 0.368 e. The van der Waals surface area contributed by atoms with Crippen LogP contribution in [0.25, 0.3) is 0 Å². The van der Waals surface area contributed by atoms with Crippen LogP contribution in [-0.4, -0.2) is 51.9 Å². The van der Waals surface area contributed by atoms with E-state index in [0.29, 0.717) is 26.2 Å². The summed E-state index contributed by atoms with van der Waals surface area (Å²) in [6.07, 6.45) is 0. The minimum absolute atomic E-state index is 0.310. The molecule has 0 saturated carbocycles. The Morgan fingerprint density at radius 1 is 0.963 bits per heavy atom. The topological polar surface area (TPSA) is 69.7 Å². The fourth-order valence-electron chi connectivity index (χ4n) is 2.87. The lowest BCUT2D eigenvalue weighted by Crippen LogP contribution is -2.51. The van der Waals surface area contributed by atoms with E-state index in [9.17, 15) is 22.0 Å². The van der Waals surface area contributed by atoms with Crippen LogP contribution in [-0.2, 0) is 14.8 Å². The van der Waals surface area contributed by atoms with E-state index in [0.717, 1.165) is 17.8 Å². The molecule has 0 bridgehead atoms. The van der Waals surface area contributed by atoms with Gasteiger partial charge in [0, 0.05) is 31.9 Å². The van der Waals surface area contributed by atoms with Crippen LogP contribution in [0.2, 0.25) is 0 Å². The van der Waals surface area contributed by atoms with Crippen LogP contribution >= 0.6 is 0 Å². The normalized spacial score (nSPS) is 15.0. The molecule has 0 spiro atoms. The van der Waals surface area contributed by atoms with E-state index in [4.69, 9.17) is 0 Å². The summed E-state index contributed by atoms with van der Waals surface area (Å²) >= 11 is 0. The average Bonchev–Trinajstić information content (AvgIpc) is 2.67. The highest BCUT2D eigenvalue weighted by Crippen LogP contribution is 2.17. The van der Waals surface area contributed by atoms with Gasteiger partial charge < -0.3 is 9.80 Å². The van der Waals surface area contributed by atoms with Gasteiger partial charge in [-0.05, 0) is 36.4 Å². The van der Waals surface area contributed by atoms with Gasteiger partial charge in [0.05, 0.1) is 6.54 Å². The molecule has 0 atom stereocenters. The average molecular weight is 395 g/mol. The first-order chi connectivity index (χ1) is 12.9. The third-order valence-corrected chi connectivity index (χ3v) is 5.80. The Balaban J connectivity index is 1.54. The van der Waals surface area contributed by atoms with Crippen molar-refractivity contribution in [2.75, 3.05) is 37.6 Å². The zero-order valence-corrected chi connectivity index (χ0v) is 15.3. The summed E-state index contributed by atoms with van der Waals surface area (Å²) in [6, 6.07) is 11.1. The SMILES string of the molecule is O=C(CNS(=O)(=O)c1ccccc1F)N1CCN(c2ccc(F)cc2)CC1. The summed E-state index contributed by atoms with van der Waals surface area (Å²) in [5, 5.41) is 0. The second-order valence-corrected chi connectivity index (χ2v) is 7.83. The predicted molar refractivity (Wildman–Crippen MR) is 96.8 cm³/mol. The molecule has 1 N–H and O–H groups in total. The quantitative estimate of drug-likeness (QED) is 0.835. The van der Waals surface area contributed by atoms with Crippen LogP contribution in [0.15, 0.2) is 53.4 Å². The van der Waals surface area contributed by atoms with Gasteiger partial charge in [0.25, 0.3) is 0 Å². The molecule has 9 heteroatoms.